The van der Waals surface area contributed by atoms with Gasteiger partial charge in [-0.3, -0.25) is 9.59 Å². The average molecular weight is 374 g/mol. The Hall–Kier alpha value is -3.80. The first-order valence-electron chi connectivity index (χ1n) is 8.61. The normalized spacial score (nSPS) is 10.1. The number of primary amides is 1. The van der Waals surface area contributed by atoms with Crippen LogP contribution in [0, 0.1) is 13.8 Å². The quantitative estimate of drug-likeness (QED) is 0.683. The summed E-state index contributed by atoms with van der Waals surface area (Å²) in [6.07, 6.45) is 7.42. The predicted octanol–water partition coefficient (Wildman–Crippen LogP) is 3.53. The summed E-state index contributed by atoms with van der Waals surface area (Å²) in [7, 11) is 0. The molecule has 142 valence electrons. The number of carbonyl (C=O) groups is 2. The molecule has 28 heavy (non-hydrogen) atoms. The highest BCUT2D eigenvalue weighted by Gasteiger charge is 2.04. The van der Waals surface area contributed by atoms with Crippen molar-refractivity contribution in [2.24, 2.45) is 5.73 Å². The predicted molar refractivity (Wildman–Crippen MR) is 111 cm³/mol. The van der Waals surface area contributed by atoms with E-state index in [1.54, 1.807) is 18.5 Å². The van der Waals surface area contributed by atoms with Crippen LogP contribution in [-0.4, -0.2) is 21.8 Å². The summed E-state index contributed by atoms with van der Waals surface area (Å²) in [5, 5.41) is 2.87. The SMILES string of the molecule is Cc1ccc(NC(=O)c2ccc(C)cc2)cc1.NC(=O)C=Cc1cncnc1. The molecule has 0 unspecified atom stereocenters. The number of hydrogen-bond donors (Lipinski definition) is 2. The number of nitrogens with one attached hydrogen (secondary N) is 1. The van der Waals surface area contributed by atoms with Crippen LogP contribution in [0.25, 0.3) is 6.08 Å². The van der Waals surface area contributed by atoms with Gasteiger partial charge in [0.1, 0.15) is 6.33 Å². The standard InChI is InChI=1S/C15H15NO.C7H7N3O/c1-11-3-7-13(8-4-11)15(17)16-14-9-5-12(2)6-10-14;8-7(11)2-1-6-3-9-5-10-4-6/h3-10H,1-2H3,(H,16,17);1-5H,(H2,8,11). The number of anilines is 1. The Morgan fingerprint density at radius 1 is 0.893 bits per heavy atom. The van der Waals surface area contributed by atoms with E-state index >= 15 is 0 Å². The fourth-order valence-corrected chi connectivity index (χ4v) is 2.12. The number of amides is 2. The number of nitrogens with two attached hydrogens (primary N) is 1. The highest BCUT2D eigenvalue weighted by Crippen LogP contribution is 2.11. The lowest BCUT2D eigenvalue weighted by Crippen LogP contribution is -2.11. The third-order valence-corrected chi connectivity index (χ3v) is 3.64. The minimum Gasteiger partial charge on any atom is -0.366 e. The van der Waals surface area contributed by atoms with Crippen LogP contribution in [0.3, 0.4) is 0 Å². The van der Waals surface area contributed by atoms with E-state index in [1.807, 2.05) is 62.4 Å². The topological polar surface area (TPSA) is 98.0 Å². The Labute approximate surface area is 164 Å². The summed E-state index contributed by atoms with van der Waals surface area (Å²) < 4.78 is 0. The van der Waals surface area contributed by atoms with Crippen LogP contribution in [0.4, 0.5) is 5.69 Å². The van der Waals surface area contributed by atoms with E-state index in [9.17, 15) is 9.59 Å². The third kappa shape index (κ3) is 7.21. The molecule has 6 heteroatoms. The van der Waals surface area contributed by atoms with Crippen LogP contribution in [0.2, 0.25) is 0 Å². The largest absolute Gasteiger partial charge is 0.366 e. The molecular formula is C22H22N4O2. The van der Waals surface area contributed by atoms with Crippen molar-refractivity contribution >= 4 is 23.6 Å². The fourth-order valence-electron chi connectivity index (χ4n) is 2.12. The van der Waals surface area contributed by atoms with Crippen LogP contribution in [-0.2, 0) is 4.79 Å². The monoisotopic (exact) mass is 374 g/mol. The summed E-state index contributed by atoms with van der Waals surface area (Å²) in [5.74, 6) is -0.553. The lowest BCUT2D eigenvalue weighted by molar-refractivity contribution is -0.113. The summed E-state index contributed by atoms with van der Waals surface area (Å²) in [4.78, 5) is 29.7. The molecule has 0 atom stereocenters. The second kappa shape index (κ2) is 10.4. The van der Waals surface area contributed by atoms with Gasteiger partial charge in [0.25, 0.3) is 5.91 Å². The molecule has 2 aromatic carbocycles. The molecule has 0 saturated heterocycles. The number of carbonyl (C=O) groups excluding carboxylic acids is 2. The molecule has 3 aromatic rings. The summed E-state index contributed by atoms with van der Waals surface area (Å²) in [6, 6.07) is 15.3. The van der Waals surface area contributed by atoms with Crippen molar-refractivity contribution in [3.63, 3.8) is 0 Å². The third-order valence-electron chi connectivity index (χ3n) is 3.64. The Kier molecular flexibility index (Phi) is 7.60. The van der Waals surface area contributed by atoms with Gasteiger partial charge in [0.2, 0.25) is 5.91 Å². The lowest BCUT2D eigenvalue weighted by atomic mass is 10.1. The average Bonchev–Trinajstić information content (AvgIpc) is 2.70. The van der Waals surface area contributed by atoms with Gasteiger partial charge in [-0.25, -0.2) is 9.97 Å². The maximum absolute atomic E-state index is 11.9. The van der Waals surface area contributed by atoms with E-state index in [2.05, 4.69) is 15.3 Å². The highest BCUT2D eigenvalue weighted by atomic mass is 16.1. The number of aromatic nitrogens is 2. The number of hydrogen-bond acceptors (Lipinski definition) is 4. The number of nitrogens with zero attached hydrogens (tertiary/aromatic N) is 2. The van der Waals surface area contributed by atoms with Gasteiger partial charge in [0.15, 0.2) is 0 Å². The Morgan fingerprint density at radius 3 is 1.96 bits per heavy atom. The van der Waals surface area contributed by atoms with E-state index in [4.69, 9.17) is 5.73 Å². The second-order valence-corrected chi connectivity index (χ2v) is 6.09. The Morgan fingerprint density at radius 2 is 1.43 bits per heavy atom. The van der Waals surface area contributed by atoms with Crippen molar-refractivity contribution in [2.75, 3.05) is 5.32 Å². The molecule has 0 fully saturated rings. The zero-order valence-electron chi connectivity index (χ0n) is 15.8. The van der Waals surface area contributed by atoms with Crippen LogP contribution in [0.1, 0.15) is 27.0 Å². The molecule has 6 nitrogen and oxygen atoms in total. The van der Waals surface area contributed by atoms with E-state index in [-0.39, 0.29) is 5.91 Å². The molecule has 3 N–H and O–H groups in total. The van der Waals surface area contributed by atoms with Crippen molar-refractivity contribution in [3.8, 4) is 0 Å². The van der Waals surface area contributed by atoms with Gasteiger partial charge in [-0.2, -0.15) is 0 Å². The van der Waals surface area contributed by atoms with Crippen molar-refractivity contribution in [1.82, 2.24) is 9.97 Å². The molecule has 0 saturated carbocycles. The first kappa shape index (κ1) is 20.5. The molecule has 0 bridgehead atoms. The minimum absolute atomic E-state index is 0.0751. The van der Waals surface area contributed by atoms with Crippen molar-refractivity contribution in [1.29, 1.82) is 0 Å². The first-order valence-corrected chi connectivity index (χ1v) is 8.61. The molecule has 2 amide bonds. The molecule has 0 spiro atoms. The smallest absolute Gasteiger partial charge is 0.255 e. The van der Waals surface area contributed by atoms with Crippen LogP contribution < -0.4 is 11.1 Å². The van der Waals surface area contributed by atoms with Gasteiger partial charge < -0.3 is 11.1 Å². The number of rotatable bonds is 4. The van der Waals surface area contributed by atoms with E-state index in [0.29, 0.717) is 5.56 Å². The van der Waals surface area contributed by atoms with E-state index in [1.165, 1.54) is 18.0 Å². The van der Waals surface area contributed by atoms with E-state index in [0.717, 1.165) is 16.8 Å². The lowest BCUT2D eigenvalue weighted by Gasteiger charge is -2.05. The van der Waals surface area contributed by atoms with Crippen molar-refractivity contribution in [3.05, 3.63) is 95.6 Å². The molecule has 1 aromatic heterocycles. The van der Waals surface area contributed by atoms with Gasteiger partial charge >= 0.3 is 0 Å². The van der Waals surface area contributed by atoms with Gasteiger partial charge in [-0.15, -0.1) is 0 Å². The Balaban J connectivity index is 0.000000221. The summed E-state index contributed by atoms with van der Waals surface area (Å²) in [5.41, 5.74) is 9.46. The van der Waals surface area contributed by atoms with Gasteiger partial charge in [-0.1, -0.05) is 35.4 Å². The fraction of sp³-hybridized carbons (Fsp3) is 0.0909. The van der Waals surface area contributed by atoms with Crippen molar-refractivity contribution < 1.29 is 9.59 Å². The van der Waals surface area contributed by atoms with Gasteiger partial charge in [0, 0.05) is 35.3 Å². The Bertz CT molecular complexity index is 935. The van der Waals surface area contributed by atoms with E-state index < -0.39 is 5.91 Å². The molecular weight excluding hydrogens is 352 g/mol. The van der Waals surface area contributed by atoms with Crippen LogP contribution in [0.15, 0.2) is 73.3 Å². The molecule has 0 aliphatic heterocycles. The maximum Gasteiger partial charge on any atom is 0.255 e. The van der Waals surface area contributed by atoms with Crippen LogP contribution >= 0.6 is 0 Å². The van der Waals surface area contributed by atoms with Crippen LogP contribution in [0.5, 0.6) is 0 Å². The molecule has 0 aliphatic rings. The van der Waals surface area contributed by atoms with Crippen molar-refractivity contribution in [2.45, 2.75) is 13.8 Å². The highest BCUT2D eigenvalue weighted by molar-refractivity contribution is 6.04. The summed E-state index contributed by atoms with van der Waals surface area (Å²) in [6.45, 7) is 4.02. The molecule has 1 heterocycles. The second-order valence-electron chi connectivity index (χ2n) is 6.09. The number of aryl methyl sites for hydroxylation is 2. The minimum atomic E-state index is -0.478. The maximum atomic E-state index is 11.9. The number of benzene rings is 2. The molecule has 3 rings (SSSR count). The zero-order valence-corrected chi connectivity index (χ0v) is 15.8. The zero-order chi connectivity index (χ0) is 20.4. The first-order chi connectivity index (χ1) is 13.4. The van der Waals surface area contributed by atoms with Gasteiger partial charge in [0.05, 0.1) is 0 Å². The molecule has 0 aliphatic carbocycles. The summed E-state index contributed by atoms with van der Waals surface area (Å²) >= 11 is 0. The van der Waals surface area contributed by atoms with Gasteiger partial charge in [-0.05, 0) is 44.2 Å². The molecule has 0 radical (unpaired) electrons.